The molecular weight excluding hydrogens is 154 g/mol. The summed E-state index contributed by atoms with van der Waals surface area (Å²) in [5, 5.41) is 17.1. The molecule has 0 aliphatic carbocycles. The van der Waals surface area contributed by atoms with Crippen LogP contribution in [-0.2, 0) is 4.74 Å². The molecule has 0 aromatic heterocycles. The van der Waals surface area contributed by atoms with Crippen LogP contribution in [0.1, 0.15) is 20.3 Å². The standard InChI is InChI=1S/C9H17NO2/c1-8(2)7-12-4-3-9(5-10)6-11/h8-9,11H,3-4,6-7H2,1-2H3. The van der Waals surface area contributed by atoms with E-state index < -0.39 is 0 Å². The Labute approximate surface area is 74.0 Å². The lowest BCUT2D eigenvalue weighted by atomic mass is 10.1. The fraction of sp³-hybridized carbons (Fsp3) is 0.889. The molecule has 3 nitrogen and oxygen atoms in total. The molecule has 0 aromatic rings. The summed E-state index contributed by atoms with van der Waals surface area (Å²) < 4.78 is 5.27. The Bertz CT molecular complexity index is 140. The minimum atomic E-state index is -0.267. The van der Waals surface area contributed by atoms with Gasteiger partial charge in [-0.3, -0.25) is 0 Å². The Morgan fingerprint density at radius 1 is 1.50 bits per heavy atom. The SMILES string of the molecule is CC(C)COCCC(C#N)CO. The van der Waals surface area contributed by atoms with Crippen LogP contribution in [0, 0.1) is 23.2 Å². The maximum atomic E-state index is 8.66. The van der Waals surface area contributed by atoms with E-state index >= 15 is 0 Å². The van der Waals surface area contributed by atoms with Crippen LogP contribution in [0.2, 0.25) is 0 Å². The van der Waals surface area contributed by atoms with E-state index in [0.717, 1.165) is 6.61 Å². The van der Waals surface area contributed by atoms with Gasteiger partial charge in [-0.15, -0.1) is 0 Å². The molecule has 12 heavy (non-hydrogen) atoms. The van der Waals surface area contributed by atoms with Gasteiger partial charge < -0.3 is 9.84 Å². The summed E-state index contributed by atoms with van der Waals surface area (Å²) in [6.45, 7) is 5.38. The number of aliphatic hydroxyl groups is 1. The summed E-state index contributed by atoms with van der Waals surface area (Å²) in [7, 11) is 0. The van der Waals surface area contributed by atoms with E-state index in [1.54, 1.807) is 0 Å². The summed E-state index contributed by atoms with van der Waals surface area (Å²) in [6, 6.07) is 2.01. The van der Waals surface area contributed by atoms with Crippen molar-refractivity contribution < 1.29 is 9.84 Å². The second-order valence-corrected chi connectivity index (χ2v) is 3.27. The predicted octanol–water partition coefficient (Wildman–Crippen LogP) is 1.18. The maximum Gasteiger partial charge on any atom is 0.0716 e. The summed E-state index contributed by atoms with van der Waals surface area (Å²) in [6.07, 6.45) is 0.625. The van der Waals surface area contributed by atoms with Gasteiger partial charge in [-0.05, 0) is 12.3 Å². The second-order valence-electron chi connectivity index (χ2n) is 3.27. The van der Waals surface area contributed by atoms with Gasteiger partial charge in [0, 0.05) is 13.2 Å². The lowest BCUT2D eigenvalue weighted by molar-refractivity contribution is 0.0953. The molecule has 3 heteroatoms. The molecular formula is C9H17NO2. The molecule has 0 heterocycles. The van der Waals surface area contributed by atoms with Crippen LogP contribution < -0.4 is 0 Å². The van der Waals surface area contributed by atoms with Crippen LogP contribution in [0.25, 0.3) is 0 Å². The molecule has 0 fully saturated rings. The Morgan fingerprint density at radius 2 is 2.17 bits per heavy atom. The first-order valence-electron chi connectivity index (χ1n) is 4.29. The molecule has 1 N–H and O–H groups in total. The van der Waals surface area contributed by atoms with Gasteiger partial charge in [0.1, 0.15) is 0 Å². The van der Waals surface area contributed by atoms with Crippen molar-refractivity contribution in [2.24, 2.45) is 11.8 Å². The molecule has 0 rings (SSSR count). The molecule has 0 saturated heterocycles. The van der Waals surface area contributed by atoms with Crippen LogP contribution in [-0.4, -0.2) is 24.9 Å². The molecule has 0 amide bonds. The molecule has 1 unspecified atom stereocenters. The summed E-state index contributed by atoms with van der Waals surface area (Å²) in [5.41, 5.74) is 0. The normalized spacial score (nSPS) is 12.9. The molecule has 0 saturated carbocycles. The minimum Gasteiger partial charge on any atom is -0.395 e. The number of hydrogen-bond donors (Lipinski definition) is 1. The van der Waals surface area contributed by atoms with Gasteiger partial charge in [-0.1, -0.05) is 13.8 Å². The Balaban J connectivity index is 3.25. The van der Waals surface area contributed by atoms with Crippen molar-refractivity contribution in [3.05, 3.63) is 0 Å². The number of nitriles is 1. The number of rotatable bonds is 6. The minimum absolute atomic E-state index is 0.0679. The van der Waals surface area contributed by atoms with Crippen LogP contribution in [0.3, 0.4) is 0 Å². The van der Waals surface area contributed by atoms with E-state index in [1.165, 1.54) is 0 Å². The third-order valence-electron chi connectivity index (χ3n) is 1.46. The molecule has 0 aromatic carbocycles. The molecule has 0 spiro atoms. The third-order valence-corrected chi connectivity index (χ3v) is 1.46. The van der Waals surface area contributed by atoms with Crippen LogP contribution in [0.4, 0.5) is 0 Å². The van der Waals surface area contributed by atoms with E-state index in [1.807, 2.05) is 6.07 Å². The van der Waals surface area contributed by atoms with E-state index in [4.69, 9.17) is 15.1 Å². The average Bonchev–Trinajstić information content (AvgIpc) is 2.04. The highest BCUT2D eigenvalue weighted by atomic mass is 16.5. The number of aliphatic hydroxyl groups excluding tert-OH is 1. The Morgan fingerprint density at radius 3 is 2.58 bits per heavy atom. The van der Waals surface area contributed by atoms with Gasteiger partial charge >= 0.3 is 0 Å². The van der Waals surface area contributed by atoms with E-state index in [-0.39, 0.29) is 12.5 Å². The average molecular weight is 171 g/mol. The van der Waals surface area contributed by atoms with E-state index in [0.29, 0.717) is 18.9 Å². The van der Waals surface area contributed by atoms with Crippen molar-refractivity contribution in [2.45, 2.75) is 20.3 Å². The Hall–Kier alpha value is -0.590. The second kappa shape index (κ2) is 7.08. The van der Waals surface area contributed by atoms with Gasteiger partial charge in [-0.2, -0.15) is 5.26 Å². The fourth-order valence-electron chi connectivity index (χ4n) is 0.741. The first-order chi connectivity index (χ1) is 5.70. The zero-order chi connectivity index (χ0) is 9.40. The van der Waals surface area contributed by atoms with Crippen molar-refractivity contribution in [1.29, 1.82) is 5.26 Å². The highest BCUT2D eigenvalue weighted by Crippen LogP contribution is 2.01. The predicted molar refractivity (Wildman–Crippen MR) is 46.5 cm³/mol. The quantitative estimate of drug-likeness (QED) is 0.610. The topological polar surface area (TPSA) is 53.2 Å². The zero-order valence-electron chi connectivity index (χ0n) is 7.79. The highest BCUT2D eigenvalue weighted by Gasteiger charge is 2.04. The van der Waals surface area contributed by atoms with E-state index in [2.05, 4.69) is 13.8 Å². The summed E-state index contributed by atoms with van der Waals surface area (Å²) in [4.78, 5) is 0. The van der Waals surface area contributed by atoms with Crippen molar-refractivity contribution in [3.8, 4) is 6.07 Å². The van der Waals surface area contributed by atoms with Gasteiger partial charge in [-0.25, -0.2) is 0 Å². The monoisotopic (exact) mass is 171 g/mol. The van der Waals surface area contributed by atoms with Crippen molar-refractivity contribution >= 4 is 0 Å². The molecule has 0 radical (unpaired) electrons. The largest absolute Gasteiger partial charge is 0.395 e. The number of hydrogen-bond acceptors (Lipinski definition) is 3. The fourth-order valence-corrected chi connectivity index (χ4v) is 0.741. The third kappa shape index (κ3) is 6.14. The van der Waals surface area contributed by atoms with Crippen molar-refractivity contribution in [2.75, 3.05) is 19.8 Å². The zero-order valence-corrected chi connectivity index (χ0v) is 7.79. The van der Waals surface area contributed by atoms with Gasteiger partial charge in [0.05, 0.1) is 18.6 Å². The molecule has 70 valence electrons. The van der Waals surface area contributed by atoms with Gasteiger partial charge in [0.25, 0.3) is 0 Å². The summed E-state index contributed by atoms with van der Waals surface area (Å²) in [5.74, 6) is 0.261. The lowest BCUT2D eigenvalue weighted by Crippen LogP contribution is -2.09. The van der Waals surface area contributed by atoms with Gasteiger partial charge in [0.15, 0.2) is 0 Å². The Kier molecular flexibility index (Phi) is 6.73. The smallest absolute Gasteiger partial charge is 0.0716 e. The van der Waals surface area contributed by atoms with Gasteiger partial charge in [0.2, 0.25) is 0 Å². The first-order valence-corrected chi connectivity index (χ1v) is 4.29. The van der Waals surface area contributed by atoms with Crippen LogP contribution >= 0.6 is 0 Å². The lowest BCUT2D eigenvalue weighted by Gasteiger charge is -2.08. The van der Waals surface area contributed by atoms with Crippen LogP contribution in [0.5, 0.6) is 0 Å². The molecule has 0 bridgehead atoms. The number of nitrogens with zero attached hydrogens (tertiary/aromatic N) is 1. The van der Waals surface area contributed by atoms with E-state index in [9.17, 15) is 0 Å². The molecule has 1 atom stereocenters. The van der Waals surface area contributed by atoms with Crippen molar-refractivity contribution in [3.63, 3.8) is 0 Å². The molecule has 0 aliphatic heterocycles. The number of ether oxygens (including phenoxy) is 1. The van der Waals surface area contributed by atoms with Crippen LogP contribution in [0.15, 0.2) is 0 Å². The maximum absolute atomic E-state index is 8.66. The van der Waals surface area contributed by atoms with Crippen molar-refractivity contribution in [1.82, 2.24) is 0 Å². The highest BCUT2D eigenvalue weighted by molar-refractivity contribution is 4.81. The molecule has 0 aliphatic rings. The first kappa shape index (κ1) is 11.4. The summed E-state index contributed by atoms with van der Waals surface area (Å²) >= 11 is 0.